The summed E-state index contributed by atoms with van der Waals surface area (Å²) in [5.41, 5.74) is 0. The highest BCUT2D eigenvalue weighted by molar-refractivity contribution is 5.03. The van der Waals surface area contributed by atoms with Gasteiger partial charge in [0.2, 0.25) is 0 Å². The minimum Gasteiger partial charge on any atom is -0.319 e. The van der Waals surface area contributed by atoms with E-state index in [9.17, 15) is 0 Å². The van der Waals surface area contributed by atoms with Gasteiger partial charge in [-0.15, -0.1) is 0 Å². The van der Waals surface area contributed by atoms with E-state index in [1.165, 1.54) is 6.42 Å². The van der Waals surface area contributed by atoms with Gasteiger partial charge in [-0.25, -0.2) is 0 Å². The summed E-state index contributed by atoms with van der Waals surface area (Å²) in [5.74, 6) is 0. The van der Waals surface area contributed by atoms with Crippen molar-refractivity contribution in [1.82, 2.24) is 0 Å². The molecule has 0 bridgehead atoms. The van der Waals surface area contributed by atoms with Gasteiger partial charge in [-0.05, 0) is 12.2 Å². The molecule has 56 valence electrons. The molecule has 1 heteroatoms. The average molecular weight is 138 g/mol. The van der Waals surface area contributed by atoms with Crippen LogP contribution in [0, 0.1) is 0 Å². The van der Waals surface area contributed by atoms with Gasteiger partial charge in [0.05, 0.1) is 20.6 Å². The number of rotatable bonds is 3. The Bertz CT molecular complexity index is 156. The lowest BCUT2D eigenvalue weighted by atomic mass is 10.0. The first kappa shape index (κ1) is 7.55. The van der Waals surface area contributed by atoms with E-state index >= 15 is 0 Å². The van der Waals surface area contributed by atoms with Crippen molar-refractivity contribution in [2.45, 2.75) is 12.5 Å². The summed E-state index contributed by atoms with van der Waals surface area (Å²) in [6.45, 7) is 4.81. The maximum atomic E-state index is 3.75. The van der Waals surface area contributed by atoms with Crippen LogP contribution in [0.25, 0.3) is 0 Å². The van der Waals surface area contributed by atoms with Crippen LogP contribution in [-0.2, 0) is 0 Å². The van der Waals surface area contributed by atoms with E-state index in [-0.39, 0.29) is 0 Å². The van der Waals surface area contributed by atoms with Crippen molar-refractivity contribution < 1.29 is 4.48 Å². The second-order valence-electron chi connectivity index (χ2n) is 3.48. The van der Waals surface area contributed by atoms with Crippen molar-refractivity contribution in [3.63, 3.8) is 0 Å². The van der Waals surface area contributed by atoms with Crippen LogP contribution in [0.1, 0.15) is 6.42 Å². The van der Waals surface area contributed by atoms with Gasteiger partial charge in [0.15, 0.2) is 0 Å². The lowest BCUT2D eigenvalue weighted by molar-refractivity contribution is -0.904. The molecule has 0 spiro atoms. The van der Waals surface area contributed by atoms with Crippen LogP contribution in [0.3, 0.4) is 0 Å². The Morgan fingerprint density at radius 3 is 2.60 bits per heavy atom. The molecule has 0 radical (unpaired) electrons. The maximum Gasteiger partial charge on any atom is 0.111 e. The lowest BCUT2D eigenvalue weighted by Gasteiger charge is -2.38. The third-order valence-electron chi connectivity index (χ3n) is 2.23. The van der Waals surface area contributed by atoms with E-state index in [0.717, 1.165) is 17.1 Å². The standard InChI is InChI=1S/C9H16N/c1-4-8-10(2,3)9-6-5-7-9/h4-6,9H,1,7-8H2,2-3H3/q+1. The highest BCUT2D eigenvalue weighted by atomic mass is 15.3. The monoisotopic (exact) mass is 138 g/mol. The highest BCUT2D eigenvalue weighted by Crippen LogP contribution is 2.19. The van der Waals surface area contributed by atoms with Crippen molar-refractivity contribution in [1.29, 1.82) is 0 Å². The molecule has 0 aliphatic heterocycles. The second kappa shape index (κ2) is 2.59. The van der Waals surface area contributed by atoms with Crippen LogP contribution >= 0.6 is 0 Å². The molecule has 0 fully saturated rings. The normalized spacial score (nSPS) is 24.0. The number of likely N-dealkylation sites (N-methyl/N-ethyl adjacent to an activating group) is 1. The summed E-state index contributed by atoms with van der Waals surface area (Å²) in [6.07, 6.45) is 7.74. The zero-order valence-electron chi connectivity index (χ0n) is 6.88. The largest absolute Gasteiger partial charge is 0.319 e. The van der Waals surface area contributed by atoms with E-state index in [4.69, 9.17) is 0 Å². The van der Waals surface area contributed by atoms with Gasteiger partial charge in [-0.1, -0.05) is 12.7 Å². The molecular weight excluding hydrogens is 122 g/mol. The van der Waals surface area contributed by atoms with Gasteiger partial charge >= 0.3 is 0 Å². The molecule has 0 aromatic rings. The molecule has 0 aromatic carbocycles. The van der Waals surface area contributed by atoms with Crippen LogP contribution in [0.4, 0.5) is 0 Å². The van der Waals surface area contributed by atoms with Crippen LogP contribution < -0.4 is 0 Å². The Morgan fingerprint density at radius 1 is 1.70 bits per heavy atom. The first-order chi connectivity index (χ1) is 4.67. The average Bonchev–Trinajstić information content (AvgIpc) is 1.56. The fourth-order valence-electron chi connectivity index (χ4n) is 1.24. The SMILES string of the molecule is C=CC[N+](C)(C)C1C=CC1. The third kappa shape index (κ3) is 1.29. The van der Waals surface area contributed by atoms with Crippen LogP contribution in [0.5, 0.6) is 0 Å². The van der Waals surface area contributed by atoms with Gasteiger partial charge in [0.1, 0.15) is 6.04 Å². The second-order valence-corrected chi connectivity index (χ2v) is 3.48. The molecule has 1 nitrogen and oxygen atoms in total. The van der Waals surface area contributed by atoms with Crippen molar-refractivity contribution in [2.75, 3.05) is 20.6 Å². The zero-order chi connectivity index (χ0) is 7.61. The zero-order valence-corrected chi connectivity index (χ0v) is 6.88. The molecule has 1 aliphatic carbocycles. The first-order valence-corrected chi connectivity index (χ1v) is 3.77. The van der Waals surface area contributed by atoms with E-state index in [2.05, 4.69) is 32.8 Å². The molecule has 0 heterocycles. The van der Waals surface area contributed by atoms with Crippen LogP contribution in [0.15, 0.2) is 24.8 Å². The first-order valence-electron chi connectivity index (χ1n) is 3.77. The summed E-state index contributed by atoms with van der Waals surface area (Å²) < 4.78 is 1.06. The van der Waals surface area contributed by atoms with Crippen molar-refractivity contribution in [2.24, 2.45) is 0 Å². The summed E-state index contributed by atoms with van der Waals surface area (Å²) in [4.78, 5) is 0. The molecule has 0 saturated heterocycles. The molecule has 0 amide bonds. The number of hydrogen-bond acceptors (Lipinski definition) is 0. The quantitative estimate of drug-likeness (QED) is 0.410. The minimum absolute atomic E-state index is 0.734. The van der Waals surface area contributed by atoms with E-state index in [0.29, 0.717) is 0 Å². The molecule has 0 saturated carbocycles. The Morgan fingerprint density at radius 2 is 2.30 bits per heavy atom. The summed E-state index contributed by atoms with van der Waals surface area (Å²) in [6, 6.07) is 0.734. The van der Waals surface area contributed by atoms with Crippen LogP contribution in [0.2, 0.25) is 0 Å². The summed E-state index contributed by atoms with van der Waals surface area (Å²) in [7, 11) is 4.49. The molecular formula is C9H16N+. The van der Waals surface area contributed by atoms with Gasteiger partial charge in [-0.2, -0.15) is 0 Å². The molecule has 10 heavy (non-hydrogen) atoms. The predicted octanol–water partition coefficient (Wildman–Crippen LogP) is 1.58. The van der Waals surface area contributed by atoms with Crippen molar-refractivity contribution in [3.05, 3.63) is 24.8 Å². The Labute approximate surface area is 63.2 Å². The number of quaternary nitrogens is 1. The molecule has 1 atom stereocenters. The minimum atomic E-state index is 0.734. The highest BCUT2D eigenvalue weighted by Gasteiger charge is 2.27. The van der Waals surface area contributed by atoms with Gasteiger partial charge in [-0.3, -0.25) is 0 Å². The lowest BCUT2D eigenvalue weighted by Crippen LogP contribution is -2.49. The fraction of sp³-hybridized carbons (Fsp3) is 0.556. The molecule has 0 N–H and O–H groups in total. The smallest absolute Gasteiger partial charge is 0.111 e. The van der Waals surface area contributed by atoms with Gasteiger partial charge in [0.25, 0.3) is 0 Å². The van der Waals surface area contributed by atoms with Gasteiger partial charge in [0, 0.05) is 6.42 Å². The summed E-state index contributed by atoms with van der Waals surface area (Å²) >= 11 is 0. The molecule has 0 aromatic heterocycles. The maximum absolute atomic E-state index is 3.75. The number of hydrogen-bond donors (Lipinski definition) is 0. The van der Waals surface area contributed by atoms with Crippen LogP contribution in [-0.4, -0.2) is 31.2 Å². The number of nitrogens with zero attached hydrogens (tertiary/aromatic N) is 1. The van der Waals surface area contributed by atoms with Crippen molar-refractivity contribution in [3.8, 4) is 0 Å². The Kier molecular flexibility index (Phi) is 1.95. The molecule has 1 rings (SSSR count). The molecule has 1 aliphatic rings. The predicted molar refractivity (Wildman–Crippen MR) is 44.7 cm³/mol. The topological polar surface area (TPSA) is 0 Å². The summed E-state index contributed by atoms with van der Waals surface area (Å²) in [5, 5.41) is 0. The Balaban J connectivity index is 2.49. The molecule has 1 unspecified atom stereocenters. The van der Waals surface area contributed by atoms with Crippen molar-refractivity contribution >= 4 is 0 Å². The van der Waals surface area contributed by atoms with E-state index in [1.54, 1.807) is 0 Å². The van der Waals surface area contributed by atoms with E-state index < -0.39 is 0 Å². The van der Waals surface area contributed by atoms with Gasteiger partial charge < -0.3 is 4.48 Å². The Hall–Kier alpha value is -0.560. The third-order valence-corrected chi connectivity index (χ3v) is 2.23. The van der Waals surface area contributed by atoms with E-state index in [1.807, 2.05) is 6.08 Å². The fourth-order valence-corrected chi connectivity index (χ4v) is 1.24.